The molecule has 0 spiro atoms. The lowest BCUT2D eigenvalue weighted by molar-refractivity contribution is -0.119. The second-order valence-corrected chi connectivity index (χ2v) is 8.26. The van der Waals surface area contributed by atoms with E-state index in [0.29, 0.717) is 33.6 Å². The first-order valence-electron chi connectivity index (χ1n) is 9.60. The molecule has 1 aromatic heterocycles. The average Bonchev–Trinajstić information content (AvgIpc) is 3.33. The molecule has 1 aliphatic heterocycles. The Balaban J connectivity index is 1.71. The molecule has 0 atom stereocenters. The van der Waals surface area contributed by atoms with Crippen LogP contribution in [0.1, 0.15) is 36.7 Å². The Labute approximate surface area is 178 Å². The predicted octanol–water partition coefficient (Wildman–Crippen LogP) is 5.76. The smallest absolute Gasteiger partial charge is 0.272 e. The fraction of sp³-hybridized carbons (Fsp3) is 0.167. The number of rotatable bonds is 6. The summed E-state index contributed by atoms with van der Waals surface area (Å²) in [6.45, 7) is 4.16. The van der Waals surface area contributed by atoms with E-state index in [-0.39, 0.29) is 11.5 Å². The quantitative estimate of drug-likeness (QED) is 0.475. The van der Waals surface area contributed by atoms with Gasteiger partial charge in [-0.25, -0.2) is 9.29 Å². The molecular weight excluding hydrogens is 401 g/mol. The van der Waals surface area contributed by atoms with Gasteiger partial charge in [0.25, 0.3) is 11.8 Å². The van der Waals surface area contributed by atoms with E-state index in [1.165, 1.54) is 40.9 Å². The standard InChI is InChI=1S/C24H20FNO3S/c1-15(2)16-7-11-19(12-8-16)26-23(27)21(17-5-9-18(25)10-6-17)22(24(26)28)30-14-20-4-3-13-29-20/h3-13,15H,14H2,1-2H3. The fourth-order valence-corrected chi connectivity index (χ4v) is 4.31. The summed E-state index contributed by atoms with van der Waals surface area (Å²) in [4.78, 5) is 28.1. The monoisotopic (exact) mass is 421 g/mol. The molecule has 0 bridgehead atoms. The van der Waals surface area contributed by atoms with Crippen molar-refractivity contribution in [1.82, 2.24) is 0 Å². The first-order chi connectivity index (χ1) is 14.5. The highest BCUT2D eigenvalue weighted by atomic mass is 32.2. The minimum atomic E-state index is -0.411. The van der Waals surface area contributed by atoms with Crippen LogP contribution in [-0.2, 0) is 15.3 Å². The topological polar surface area (TPSA) is 50.5 Å². The van der Waals surface area contributed by atoms with Gasteiger partial charge in [-0.15, -0.1) is 11.8 Å². The summed E-state index contributed by atoms with van der Waals surface area (Å²) < 4.78 is 18.8. The molecule has 0 N–H and O–H groups in total. The van der Waals surface area contributed by atoms with Crippen molar-refractivity contribution in [3.8, 4) is 0 Å². The van der Waals surface area contributed by atoms with Crippen LogP contribution in [0.15, 0.2) is 76.2 Å². The molecule has 4 rings (SSSR count). The molecule has 2 amide bonds. The van der Waals surface area contributed by atoms with Crippen LogP contribution >= 0.6 is 11.8 Å². The van der Waals surface area contributed by atoms with E-state index in [1.54, 1.807) is 24.5 Å². The molecule has 0 aliphatic carbocycles. The number of thioether (sulfide) groups is 1. The third kappa shape index (κ3) is 3.83. The fourth-order valence-electron chi connectivity index (χ4n) is 3.30. The van der Waals surface area contributed by atoms with Crippen LogP contribution in [0.3, 0.4) is 0 Å². The average molecular weight is 421 g/mol. The molecule has 3 aromatic rings. The van der Waals surface area contributed by atoms with Gasteiger partial charge >= 0.3 is 0 Å². The Morgan fingerprint density at radius 3 is 2.27 bits per heavy atom. The number of hydrogen-bond acceptors (Lipinski definition) is 4. The van der Waals surface area contributed by atoms with Gasteiger partial charge in [-0.1, -0.05) is 38.1 Å². The van der Waals surface area contributed by atoms with Crippen LogP contribution < -0.4 is 4.90 Å². The van der Waals surface area contributed by atoms with Crippen LogP contribution in [-0.4, -0.2) is 11.8 Å². The Kier molecular flexibility index (Phi) is 5.59. The van der Waals surface area contributed by atoms with E-state index >= 15 is 0 Å². The lowest BCUT2D eigenvalue weighted by Crippen LogP contribution is -2.31. The van der Waals surface area contributed by atoms with Crippen LogP contribution in [0.5, 0.6) is 0 Å². The number of imide groups is 1. The number of benzene rings is 2. The molecule has 2 heterocycles. The number of anilines is 1. The zero-order chi connectivity index (χ0) is 21.3. The van der Waals surface area contributed by atoms with Crippen molar-refractivity contribution in [1.29, 1.82) is 0 Å². The summed E-state index contributed by atoms with van der Waals surface area (Å²) in [5.74, 6) is 0.259. The molecule has 6 heteroatoms. The third-order valence-electron chi connectivity index (χ3n) is 4.93. The van der Waals surface area contributed by atoms with Crippen molar-refractivity contribution in [2.75, 3.05) is 4.90 Å². The minimum Gasteiger partial charge on any atom is -0.468 e. The molecule has 0 saturated carbocycles. The highest BCUT2D eigenvalue weighted by Gasteiger charge is 2.40. The minimum absolute atomic E-state index is 0.282. The summed E-state index contributed by atoms with van der Waals surface area (Å²) in [5.41, 5.74) is 2.43. The Morgan fingerprint density at radius 1 is 0.967 bits per heavy atom. The zero-order valence-corrected chi connectivity index (χ0v) is 17.4. The molecule has 1 aliphatic rings. The van der Waals surface area contributed by atoms with Gasteiger partial charge in [0.05, 0.1) is 28.2 Å². The van der Waals surface area contributed by atoms with Gasteiger partial charge in [0, 0.05) is 0 Å². The van der Waals surface area contributed by atoms with E-state index in [1.807, 2.05) is 18.2 Å². The van der Waals surface area contributed by atoms with E-state index in [0.717, 1.165) is 5.56 Å². The molecule has 4 nitrogen and oxygen atoms in total. The molecule has 152 valence electrons. The third-order valence-corrected chi connectivity index (χ3v) is 6.03. The maximum absolute atomic E-state index is 13.4. The van der Waals surface area contributed by atoms with Crippen LogP contribution in [0, 0.1) is 5.82 Å². The van der Waals surface area contributed by atoms with E-state index < -0.39 is 11.7 Å². The number of hydrogen-bond donors (Lipinski definition) is 0. The normalized spacial score (nSPS) is 14.3. The van der Waals surface area contributed by atoms with Gasteiger partial charge in [-0.05, 0) is 53.4 Å². The summed E-state index contributed by atoms with van der Waals surface area (Å²) >= 11 is 1.25. The maximum atomic E-state index is 13.4. The SMILES string of the molecule is CC(C)c1ccc(N2C(=O)C(SCc3ccco3)=C(c3ccc(F)cc3)C2=O)cc1. The zero-order valence-electron chi connectivity index (χ0n) is 16.6. The van der Waals surface area contributed by atoms with Crippen molar-refractivity contribution >= 4 is 34.8 Å². The van der Waals surface area contributed by atoms with E-state index in [9.17, 15) is 14.0 Å². The molecule has 0 fully saturated rings. The van der Waals surface area contributed by atoms with Gasteiger partial charge in [0.2, 0.25) is 0 Å². The number of carbonyl (C=O) groups is 2. The van der Waals surface area contributed by atoms with Crippen molar-refractivity contribution in [3.05, 3.63) is 94.5 Å². The van der Waals surface area contributed by atoms with Crippen molar-refractivity contribution in [3.63, 3.8) is 0 Å². The van der Waals surface area contributed by atoms with Crippen LogP contribution in [0.4, 0.5) is 10.1 Å². The lowest BCUT2D eigenvalue weighted by Gasteiger charge is -2.16. The molecule has 2 aromatic carbocycles. The largest absolute Gasteiger partial charge is 0.468 e. The first-order valence-corrected chi connectivity index (χ1v) is 10.6. The van der Waals surface area contributed by atoms with Gasteiger partial charge in [0.1, 0.15) is 11.6 Å². The van der Waals surface area contributed by atoms with Gasteiger partial charge in [-0.3, -0.25) is 9.59 Å². The molecule has 0 unspecified atom stereocenters. The number of halogens is 1. The Hall–Kier alpha value is -3.12. The summed E-state index contributed by atoms with van der Waals surface area (Å²) in [6.07, 6.45) is 1.56. The number of amides is 2. The number of carbonyl (C=O) groups excluding carboxylic acids is 2. The molecule has 30 heavy (non-hydrogen) atoms. The van der Waals surface area contributed by atoms with Gasteiger partial charge in [0.15, 0.2) is 0 Å². The summed E-state index contributed by atoms with van der Waals surface area (Å²) in [7, 11) is 0. The second kappa shape index (κ2) is 8.32. The number of furan rings is 1. The highest BCUT2D eigenvalue weighted by Crippen LogP contribution is 2.39. The van der Waals surface area contributed by atoms with Crippen LogP contribution in [0.25, 0.3) is 5.57 Å². The Bertz CT molecular complexity index is 1100. The van der Waals surface area contributed by atoms with Gasteiger partial charge in [-0.2, -0.15) is 0 Å². The summed E-state index contributed by atoms with van der Waals surface area (Å²) in [6, 6.07) is 16.6. The highest BCUT2D eigenvalue weighted by molar-refractivity contribution is 8.03. The molecule has 0 radical (unpaired) electrons. The Morgan fingerprint density at radius 2 is 1.67 bits per heavy atom. The summed E-state index contributed by atoms with van der Waals surface area (Å²) in [5, 5.41) is 0. The second-order valence-electron chi connectivity index (χ2n) is 7.27. The van der Waals surface area contributed by atoms with Gasteiger partial charge < -0.3 is 4.42 Å². The lowest BCUT2D eigenvalue weighted by atomic mass is 10.0. The van der Waals surface area contributed by atoms with E-state index in [4.69, 9.17) is 4.42 Å². The predicted molar refractivity (Wildman–Crippen MR) is 116 cm³/mol. The molecular formula is C24H20FNO3S. The number of nitrogens with zero attached hydrogens (tertiary/aromatic N) is 1. The van der Waals surface area contributed by atoms with Crippen molar-refractivity contribution in [2.45, 2.75) is 25.5 Å². The van der Waals surface area contributed by atoms with Crippen LogP contribution in [0.2, 0.25) is 0 Å². The first kappa shape index (κ1) is 20.2. The molecule has 0 saturated heterocycles. The van der Waals surface area contributed by atoms with Crippen molar-refractivity contribution in [2.24, 2.45) is 0 Å². The van der Waals surface area contributed by atoms with E-state index in [2.05, 4.69) is 13.8 Å². The maximum Gasteiger partial charge on any atom is 0.272 e. The van der Waals surface area contributed by atoms with Crippen molar-refractivity contribution < 1.29 is 18.4 Å².